The second kappa shape index (κ2) is 12.6. The minimum atomic E-state index is -0.506. The lowest BCUT2D eigenvalue weighted by Crippen LogP contribution is -2.25. The van der Waals surface area contributed by atoms with E-state index in [1.807, 2.05) is 31.2 Å². The fourth-order valence-electron chi connectivity index (χ4n) is 4.32. The van der Waals surface area contributed by atoms with Gasteiger partial charge in [-0.2, -0.15) is 0 Å². The summed E-state index contributed by atoms with van der Waals surface area (Å²) in [5.74, 6) is -0.0128. The van der Waals surface area contributed by atoms with Gasteiger partial charge in [-0.1, -0.05) is 42.8 Å². The van der Waals surface area contributed by atoms with Crippen molar-refractivity contribution in [1.29, 1.82) is 0 Å². The molecule has 0 aliphatic heterocycles. The number of pyridine rings is 1. The number of nitrogens with zero attached hydrogens (tertiary/aromatic N) is 1. The van der Waals surface area contributed by atoms with Crippen LogP contribution in [-0.2, 0) is 17.6 Å². The molecule has 206 valence electrons. The largest absolute Gasteiger partial charge is 0.493 e. The number of rotatable bonds is 10. The van der Waals surface area contributed by atoms with E-state index < -0.39 is 5.97 Å². The molecule has 0 atom stereocenters. The first-order valence-electron chi connectivity index (χ1n) is 12.7. The zero-order valence-corrected chi connectivity index (χ0v) is 23.4. The zero-order valence-electron chi connectivity index (χ0n) is 22.7. The predicted molar refractivity (Wildman–Crippen MR) is 153 cm³/mol. The van der Waals surface area contributed by atoms with E-state index in [0.29, 0.717) is 63.5 Å². The third-order valence-corrected chi connectivity index (χ3v) is 6.60. The Bertz CT molecular complexity index is 1570. The van der Waals surface area contributed by atoms with Gasteiger partial charge in [0.15, 0.2) is 17.2 Å². The summed E-state index contributed by atoms with van der Waals surface area (Å²) in [6.07, 6.45) is 1.08. The lowest BCUT2D eigenvalue weighted by atomic mass is 9.98. The molecule has 0 unspecified atom stereocenters. The molecule has 0 fully saturated rings. The summed E-state index contributed by atoms with van der Waals surface area (Å²) in [7, 11) is 2.99. The molecule has 8 nitrogen and oxygen atoms in total. The number of esters is 1. The summed E-state index contributed by atoms with van der Waals surface area (Å²) < 4.78 is 16.4. The van der Waals surface area contributed by atoms with E-state index in [1.54, 1.807) is 36.4 Å². The third-order valence-electron chi connectivity index (χ3n) is 6.35. The minimum Gasteiger partial charge on any atom is -0.493 e. The first-order valence-corrected chi connectivity index (χ1v) is 13.1. The molecule has 1 heterocycles. The number of halogens is 1. The van der Waals surface area contributed by atoms with Gasteiger partial charge >= 0.3 is 5.97 Å². The topological polar surface area (TPSA) is 104 Å². The minimum absolute atomic E-state index is 0.170. The molecule has 0 radical (unpaired) electrons. The second-order valence-corrected chi connectivity index (χ2v) is 9.41. The summed E-state index contributed by atoms with van der Waals surface area (Å²) in [5, 5.41) is 4.50. The van der Waals surface area contributed by atoms with Crippen LogP contribution in [0.4, 0.5) is 0 Å². The van der Waals surface area contributed by atoms with Crippen LogP contribution < -0.4 is 19.5 Å². The number of fused-ring (bicyclic) bond motifs is 1. The SMILES string of the molecule is CCc1nc(C(=O)c2ccc(C(=O)NCCc3ccc(Cl)cc3)cc2)c2cc(OC)c(OC)cc2c1OC(C)=O. The molecular weight excluding hydrogens is 532 g/mol. The number of hydrogen-bond donors (Lipinski definition) is 1. The highest BCUT2D eigenvalue weighted by atomic mass is 35.5. The molecule has 1 amide bonds. The van der Waals surface area contributed by atoms with Crippen molar-refractivity contribution in [3.8, 4) is 17.2 Å². The Morgan fingerprint density at radius 2 is 1.48 bits per heavy atom. The van der Waals surface area contributed by atoms with Crippen LogP contribution in [0.2, 0.25) is 5.02 Å². The van der Waals surface area contributed by atoms with Gasteiger partial charge in [0.2, 0.25) is 5.78 Å². The Balaban J connectivity index is 1.62. The Hall–Kier alpha value is -4.43. The zero-order chi connectivity index (χ0) is 28.8. The number of hydrogen-bond acceptors (Lipinski definition) is 7. The highest BCUT2D eigenvalue weighted by molar-refractivity contribution is 6.30. The van der Waals surface area contributed by atoms with Gasteiger partial charge in [-0.05, 0) is 54.8 Å². The molecule has 3 aromatic carbocycles. The first-order chi connectivity index (χ1) is 19.2. The number of amides is 1. The first kappa shape index (κ1) is 28.6. The number of benzene rings is 3. The second-order valence-electron chi connectivity index (χ2n) is 8.98. The number of aryl methyl sites for hydroxylation is 1. The molecule has 0 saturated heterocycles. The van der Waals surface area contributed by atoms with Gasteiger partial charge in [0.1, 0.15) is 5.69 Å². The molecule has 0 bridgehead atoms. The van der Waals surface area contributed by atoms with Crippen molar-refractivity contribution in [2.75, 3.05) is 20.8 Å². The van der Waals surface area contributed by atoms with Crippen LogP contribution in [0.3, 0.4) is 0 Å². The third kappa shape index (κ3) is 6.24. The maximum Gasteiger partial charge on any atom is 0.308 e. The number of methoxy groups -OCH3 is 2. The van der Waals surface area contributed by atoms with Crippen molar-refractivity contribution in [2.24, 2.45) is 0 Å². The highest BCUT2D eigenvalue weighted by Crippen LogP contribution is 2.39. The standard InChI is InChI=1S/C31H29ClN2O6/c1-5-25-30(40-18(2)35)24-17-27(39-4)26(38-3)16-23(24)28(34-25)29(36)20-8-10-21(11-9-20)31(37)33-15-14-19-6-12-22(32)13-7-19/h6-13,16-17H,5,14-15H2,1-4H3,(H,33,37). The smallest absolute Gasteiger partial charge is 0.308 e. The van der Waals surface area contributed by atoms with Crippen molar-refractivity contribution < 1.29 is 28.6 Å². The van der Waals surface area contributed by atoms with Gasteiger partial charge in [0, 0.05) is 40.4 Å². The summed E-state index contributed by atoms with van der Waals surface area (Å²) in [5.41, 5.74) is 2.46. The lowest BCUT2D eigenvalue weighted by Gasteiger charge is -2.16. The van der Waals surface area contributed by atoms with E-state index >= 15 is 0 Å². The molecular formula is C31H29ClN2O6. The quantitative estimate of drug-likeness (QED) is 0.199. The average molecular weight is 561 g/mol. The monoisotopic (exact) mass is 560 g/mol. The molecule has 9 heteroatoms. The van der Waals surface area contributed by atoms with Crippen molar-refractivity contribution in [2.45, 2.75) is 26.7 Å². The van der Waals surface area contributed by atoms with E-state index in [0.717, 1.165) is 5.56 Å². The number of carbonyl (C=O) groups excluding carboxylic acids is 3. The maximum absolute atomic E-state index is 13.7. The van der Waals surface area contributed by atoms with E-state index in [9.17, 15) is 14.4 Å². The van der Waals surface area contributed by atoms with Crippen molar-refractivity contribution in [3.63, 3.8) is 0 Å². The molecule has 40 heavy (non-hydrogen) atoms. The van der Waals surface area contributed by atoms with Crippen LogP contribution in [0.5, 0.6) is 17.2 Å². The molecule has 1 N–H and O–H groups in total. The maximum atomic E-state index is 13.7. The van der Waals surface area contributed by atoms with Crippen LogP contribution >= 0.6 is 11.6 Å². The van der Waals surface area contributed by atoms with E-state index in [2.05, 4.69) is 10.3 Å². The van der Waals surface area contributed by atoms with Gasteiger partial charge in [-0.3, -0.25) is 14.4 Å². The van der Waals surface area contributed by atoms with Crippen LogP contribution in [-0.4, -0.2) is 43.4 Å². The molecule has 0 aliphatic rings. The number of ether oxygens (including phenoxy) is 3. The van der Waals surface area contributed by atoms with Crippen LogP contribution in [0.25, 0.3) is 10.8 Å². The molecule has 0 saturated carbocycles. The predicted octanol–water partition coefficient (Wildman–Crippen LogP) is 5.60. The molecule has 0 spiro atoms. The molecule has 1 aromatic heterocycles. The van der Waals surface area contributed by atoms with Gasteiger partial charge in [-0.15, -0.1) is 0 Å². The summed E-state index contributed by atoms with van der Waals surface area (Å²) >= 11 is 5.92. The summed E-state index contributed by atoms with van der Waals surface area (Å²) in [6, 6.07) is 17.2. The number of aromatic nitrogens is 1. The highest BCUT2D eigenvalue weighted by Gasteiger charge is 2.23. The Morgan fingerprint density at radius 1 is 0.875 bits per heavy atom. The molecule has 0 aliphatic carbocycles. The Morgan fingerprint density at radius 3 is 2.05 bits per heavy atom. The fourth-order valence-corrected chi connectivity index (χ4v) is 4.44. The van der Waals surface area contributed by atoms with Gasteiger partial charge < -0.3 is 19.5 Å². The van der Waals surface area contributed by atoms with Gasteiger partial charge in [0.25, 0.3) is 5.91 Å². The molecule has 4 rings (SSSR count). The van der Waals surface area contributed by atoms with E-state index in [4.69, 9.17) is 25.8 Å². The van der Waals surface area contributed by atoms with Crippen molar-refractivity contribution >= 4 is 40.0 Å². The normalized spacial score (nSPS) is 10.7. The van der Waals surface area contributed by atoms with Crippen molar-refractivity contribution in [1.82, 2.24) is 10.3 Å². The van der Waals surface area contributed by atoms with Crippen molar-refractivity contribution in [3.05, 3.63) is 93.8 Å². The van der Waals surface area contributed by atoms with E-state index in [-0.39, 0.29) is 23.1 Å². The number of nitrogens with one attached hydrogen (secondary N) is 1. The summed E-state index contributed by atoms with van der Waals surface area (Å²) in [6.45, 7) is 3.62. The van der Waals surface area contributed by atoms with Crippen LogP contribution in [0.15, 0.2) is 60.7 Å². The number of ketones is 1. The Kier molecular flexibility index (Phi) is 9.01. The fraction of sp³-hybridized carbons (Fsp3) is 0.226. The average Bonchev–Trinajstić information content (AvgIpc) is 2.97. The van der Waals surface area contributed by atoms with Crippen LogP contribution in [0.1, 0.15) is 51.5 Å². The molecule has 4 aromatic rings. The number of carbonyl (C=O) groups is 3. The summed E-state index contributed by atoms with van der Waals surface area (Å²) in [4.78, 5) is 42.8. The van der Waals surface area contributed by atoms with Gasteiger partial charge in [-0.25, -0.2) is 4.98 Å². The van der Waals surface area contributed by atoms with Crippen LogP contribution in [0, 0.1) is 0 Å². The lowest BCUT2D eigenvalue weighted by molar-refractivity contribution is -0.131. The van der Waals surface area contributed by atoms with E-state index in [1.165, 1.54) is 21.1 Å². The van der Waals surface area contributed by atoms with Gasteiger partial charge in [0.05, 0.1) is 19.9 Å². The Labute approximate surface area is 237 Å².